The molecular formula is C11H20N4O2. The van der Waals surface area contributed by atoms with Crippen LogP contribution in [0, 0.1) is 0 Å². The summed E-state index contributed by atoms with van der Waals surface area (Å²) < 4.78 is 6.64. The third kappa shape index (κ3) is 3.20. The van der Waals surface area contributed by atoms with E-state index < -0.39 is 5.54 Å². The molecule has 1 rings (SSSR count). The Hall–Kier alpha value is -1.56. The number of aryl methyl sites for hydroxylation is 1. The average Bonchev–Trinajstić information content (AvgIpc) is 2.58. The van der Waals surface area contributed by atoms with E-state index in [2.05, 4.69) is 15.7 Å². The van der Waals surface area contributed by atoms with Gasteiger partial charge in [-0.3, -0.25) is 4.79 Å². The highest BCUT2D eigenvalue weighted by atomic mass is 16.5. The van der Waals surface area contributed by atoms with Gasteiger partial charge in [0.15, 0.2) is 5.82 Å². The second-order valence-electron chi connectivity index (χ2n) is 4.31. The van der Waals surface area contributed by atoms with Crippen molar-refractivity contribution >= 4 is 11.7 Å². The number of nitrogens with one attached hydrogen (secondary N) is 2. The first-order valence-electron chi connectivity index (χ1n) is 5.55. The van der Waals surface area contributed by atoms with Crippen LogP contribution in [0.1, 0.15) is 20.8 Å². The van der Waals surface area contributed by atoms with E-state index in [0.717, 1.165) is 6.54 Å². The molecule has 0 saturated heterocycles. The van der Waals surface area contributed by atoms with Crippen molar-refractivity contribution in [1.29, 1.82) is 0 Å². The zero-order chi connectivity index (χ0) is 13.1. The van der Waals surface area contributed by atoms with Crippen molar-refractivity contribution in [2.24, 2.45) is 7.05 Å². The lowest BCUT2D eigenvalue weighted by atomic mass is 10.0. The molecule has 1 aromatic rings. The summed E-state index contributed by atoms with van der Waals surface area (Å²) in [6.45, 7) is 6.34. The van der Waals surface area contributed by atoms with Crippen LogP contribution in [0.2, 0.25) is 0 Å². The number of aromatic nitrogens is 2. The number of amides is 1. The number of methoxy groups -OCH3 is 1. The molecule has 17 heavy (non-hydrogen) atoms. The number of rotatable bonds is 5. The second kappa shape index (κ2) is 5.18. The fourth-order valence-corrected chi connectivity index (χ4v) is 1.50. The summed E-state index contributed by atoms with van der Waals surface area (Å²) in [6.07, 6.45) is 0. The lowest BCUT2D eigenvalue weighted by molar-refractivity contribution is -0.121. The zero-order valence-corrected chi connectivity index (χ0v) is 11.0. The maximum atomic E-state index is 12.0. The van der Waals surface area contributed by atoms with E-state index in [1.54, 1.807) is 24.9 Å². The highest BCUT2D eigenvalue weighted by Crippen LogP contribution is 2.16. The summed E-state index contributed by atoms with van der Waals surface area (Å²) in [5.41, 5.74) is -0.625. The number of carbonyl (C=O) groups is 1. The van der Waals surface area contributed by atoms with E-state index in [1.807, 2.05) is 20.8 Å². The number of anilines is 1. The van der Waals surface area contributed by atoms with Crippen LogP contribution in [0.5, 0.6) is 5.88 Å². The molecule has 0 aromatic carbocycles. The smallest absolute Gasteiger partial charge is 0.245 e. The maximum absolute atomic E-state index is 12.0. The topological polar surface area (TPSA) is 68.2 Å². The number of likely N-dealkylation sites (N-methyl/N-ethyl adjacent to an activating group) is 1. The molecule has 0 aliphatic carbocycles. The van der Waals surface area contributed by atoms with Crippen LogP contribution in [0.4, 0.5) is 5.82 Å². The first-order chi connectivity index (χ1) is 7.90. The van der Waals surface area contributed by atoms with Gasteiger partial charge in [-0.15, -0.1) is 0 Å². The Morgan fingerprint density at radius 3 is 2.71 bits per heavy atom. The molecule has 6 nitrogen and oxygen atoms in total. The number of nitrogens with zero attached hydrogens (tertiary/aromatic N) is 2. The van der Waals surface area contributed by atoms with E-state index in [4.69, 9.17) is 4.74 Å². The molecule has 0 aliphatic heterocycles. The molecule has 0 spiro atoms. The first-order valence-corrected chi connectivity index (χ1v) is 5.55. The summed E-state index contributed by atoms with van der Waals surface area (Å²) in [6, 6.07) is 1.68. The first kappa shape index (κ1) is 13.5. The number of hydrogen-bond acceptors (Lipinski definition) is 4. The van der Waals surface area contributed by atoms with Crippen LogP contribution >= 0.6 is 0 Å². The molecule has 0 bridgehead atoms. The zero-order valence-electron chi connectivity index (χ0n) is 11.0. The summed E-state index contributed by atoms with van der Waals surface area (Å²) in [5.74, 6) is 0.960. The Balaban J connectivity index is 2.74. The minimum Gasteiger partial charge on any atom is -0.481 e. The van der Waals surface area contributed by atoms with Gasteiger partial charge in [-0.1, -0.05) is 6.92 Å². The van der Waals surface area contributed by atoms with Crippen LogP contribution in [0.3, 0.4) is 0 Å². The van der Waals surface area contributed by atoms with Crippen LogP contribution in [-0.2, 0) is 11.8 Å². The lowest BCUT2D eigenvalue weighted by Gasteiger charge is -2.23. The normalized spacial score (nSPS) is 11.4. The van der Waals surface area contributed by atoms with E-state index >= 15 is 0 Å². The molecule has 0 radical (unpaired) electrons. The number of carbonyl (C=O) groups excluding carboxylic acids is 1. The third-order valence-corrected chi connectivity index (χ3v) is 2.47. The Morgan fingerprint density at radius 2 is 2.24 bits per heavy atom. The Bertz CT molecular complexity index is 398. The van der Waals surface area contributed by atoms with E-state index in [-0.39, 0.29) is 5.91 Å². The molecule has 0 saturated carbocycles. The molecule has 96 valence electrons. The fourth-order valence-electron chi connectivity index (χ4n) is 1.50. The Labute approximate surface area is 101 Å². The van der Waals surface area contributed by atoms with Crippen molar-refractivity contribution < 1.29 is 9.53 Å². The quantitative estimate of drug-likeness (QED) is 0.797. The molecule has 6 heteroatoms. The average molecular weight is 240 g/mol. The van der Waals surface area contributed by atoms with Crippen molar-refractivity contribution in [2.75, 3.05) is 19.0 Å². The standard InChI is InChI=1S/C11H20N4O2/c1-6-12-11(2,3)10(16)13-8-7-9(17-5)15(4)14-8/h7,12H,6H2,1-5H3,(H,13,14,16). The van der Waals surface area contributed by atoms with Crippen molar-refractivity contribution in [3.8, 4) is 5.88 Å². The lowest BCUT2D eigenvalue weighted by Crippen LogP contribution is -2.49. The van der Waals surface area contributed by atoms with Crippen LogP contribution in [0.25, 0.3) is 0 Å². The highest BCUT2D eigenvalue weighted by Gasteiger charge is 2.26. The van der Waals surface area contributed by atoms with Crippen LogP contribution in [0.15, 0.2) is 6.07 Å². The van der Waals surface area contributed by atoms with Gasteiger partial charge in [0.2, 0.25) is 11.8 Å². The second-order valence-corrected chi connectivity index (χ2v) is 4.31. The molecule has 1 heterocycles. The van der Waals surface area contributed by atoms with E-state index in [1.165, 1.54) is 0 Å². The monoisotopic (exact) mass is 240 g/mol. The van der Waals surface area contributed by atoms with E-state index in [9.17, 15) is 4.79 Å². The predicted octanol–water partition coefficient (Wildman–Crippen LogP) is 0.755. The molecule has 0 fully saturated rings. The van der Waals surface area contributed by atoms with Gasteiger partial charge in [0.1, 0.15) is 0 Å². The SMILES string of the molecule is CCNC(C)(C)C(=O)Nc1cc(OC)n(C)n1. The molecule has 0 unspecified atom stereocenters. The van der Waals surface area contributed by atoms with Crippen molar-refractivity contribution in [2.45, 2.75) is 26.3 Å². The van der Waals surface area contributed by atoms with Gasteiger partial charge in [0.05, 0.1) is 12.6 Å². The molecule has 2 N–H and O–H groups in total. The molecule has 0 atom stereocenters. The van der Waals surface area contributed by atoms with Gasteiger partial charge in [-0.25, -0.2) is 4.68 Å². The highest BCUT2D eigenvalue weighted by molar-refractivity contribution is 5.96. The summed E-state index contributed by atoms with van der Waals surface area (Å²) in [4.78, 5) is 12.0. The van der Waals surface area contributed by atoms with Crippen molar-refractivity contribution in [3.63, 3.8) is 0 Å². The summed E-state index contributed by atoms with van der Waals surface area (Å²) in [5, 5.41) is 9.98. The van der Waals surface area contributed by atoms with E-state index in [0.29, 0.717) is 11.7 Å². The summed E-state index contributed by atoms with van der Waals surface area (Å²) in [7, 11) is 3.31. The maximum Gasteiger partial charge on any atom is 0.245 e. The van der Waals surface area contributed by atoms with Gasteiger partial charge < -0.3 is 15.4 Å². The molecular weight excluding hydrogens is 220 g/mol. The van der Waals surface area contributed by atoms with Crippen molar-refractivity contribution in [1.82, 2.24) is 15.1 Å². The van der Waals surface area contributed by atoms with Crippen LogP contribution in [-0.4, -0.2) is 34.9 Å². The predicted molar refractivity (Wildman–Crippen MR) is 66.1 cm³/mol. The summed E-state index contributed by atoms with van der Waals surface area (Å²) >= 11 is 0. The van der Waals surface area contributed by atoms with Gasteiger partial charge in [-0.2, -0.15) is 5.10 Å². The van der Waals surface area contributed by atoms with Gasteiger partial charge >= 0.3 is 0 Å². The van der Waals surface area contributed by atoms with Crippen molar-refractivity contribution in [3.05, 3.63) is 6.07 Å². The molecule has 1 amide bonds. The minimum atomic E-state index is -0.625. The largest absolute Gasteiger partial charge is 0.481 e. The third-order valence-electron chi connectivity index (χ3n) is 2.47. The fraction of sp³-hybridized carbons (Fsp3) is 0.636. The van der Waals surface area contributed by atoms with Crippen LogP contribution < -0.4 is 15.4 Å². The van der Waals surface area contributed by atoms with Gasteiger partial charge in [0.25, 0.3) is 0 Å². The minimum absolute atomic E-state index is 0.125. The molecule has 1 aromatic heterocycles. The van der Waals surface area contributed by atoms with Gasteiger partial charge in [0, 0.05) is 13.1 Å². The van der Waals surface area contributed by atoms with Gasteiger partial charge in [-0.05, 0) is 20.4 Å². The number of hydrogen-bond donors (Lipinski definition) is 2. The molecule has 0 aliphatic rings. The Morgan fingerprint density at radius 1 is 1.59 bits per heavy atom. The Kier molecular flexibility index (Phi) is 4.11. The number of ether oxygens (including phenoxy) is 1.